The van der Waals surface area contributed by atoms with Gasteiger partial charge in [0.05, 0.1) is 18.2 Å². The van der Waals surface area contributed by atoms with Crippen molar-refractivity contribution in [2.45, 2.75) is 44.9 Å². The first-order chi connectivity index (χ1) is 14.3. The fourth-order valence-electron chi connectivity index (χ4n) is 3.92. The Balaban J connectivity index is 1.41. The maximum atomic E-state index is 12.6. The van der Waals surface area contributed by atoms with Gasteiger partial charge in [-0.05, 0) is 37.4 Å². The van der Waals surface area contributed by atoms with Gasteiger partial charge >= 0.3 is 0 Å². The van der Waals surface area contributed by atoms with Crippen LogP contribution in [0.2, 0.25) is 0 Å². The molecule has 2 atom stereocenters. The summed E-state index contributed by atoms with van der Waals surface area (Å²) < 4.78 is 6.17. The summed E-state index contributed by atoms with van der Waals surface area (Å²) in [6, 6.07) is 9.31. The van der Waals surface area contributed by atoms with Gasteiger partial charge in [0.25, 0.3) is 5.91 Å². The monoisotopic (exact) mass is 427 g/mol. The topological polar surface area (TPSA) is 87.7 Å². The first-order valence-electron chi connectivity index (χ1n) is 10.1. The fourth-order valence-corrected chi connectivity index (χ4v) is 4.65. The van der Waals surface area contributed by atoms with Crippen molar-refractivity contribution in [2.24, 2.45) is 0 Å². The molecule has 158 valence electrons. The molecule has 2 aliphatic heterocycles. The number of amides is 3. The molecule has 1 spiro atoms. The number of fused-ring (bicyclic) bond motifs is 1. The maximum Gasteiger partial charge on any atom is 0.258 e. The summed E-state index contributed by atoms with van der Waals surface area (Å²) in [6.07, 6.45) is 0.995. The van der Waals surface area contributed by atoms with E-state index in [9.17, 15) is 14.4 Å². The molecule has 2 N–H and O–H groups in total. The highest BCUT2D eigenvalue weighted by Crippen LogP contribution is 2.34. The van der Waals surface area contributed by atoms with E-state index in [1.54, 1.807) is 28.4 Å². The van der Waals surface area contributed by atoms with Gasteiger partial charge in [0.1, 0.15) is 5.75 Å². The third kappa shape index (κ3) is 4.18. The normalized spacial score (nSPS) is 22.0. The summed E-state index contributed by atoms with van der Waals surface area (Å²) in [5.41, 5.74) is 0.563. The number of ether oxygens (including phenoxy) is 1. The second-order valence-corrected chi connectivity index (χ2v) is 8.90. The summed E-state index contributed by atoms with van der Waals surface area (Å²) in [5.74, 6) is 0.0316. The average molecular weight is 428 g/mol. The van der Waals surface area contributed by atoms with Crippen molar-refractivity contribution in [3.8, 4) is 5.75 Å². The summed E-state index contributed by atoms with van der Waals surface area (Å²) in [4.78, 5) is 40.4. The van der Waals surface area contributed by atoms with Crippen molar-refractivity contribution in [1.82, 2.24) is 15.5 Å². The van der Waals surface area contributed by atoms with Gasteiger partial charge in [0, 0.05) is 30.7 Å². The van der Waals surface area contributed by atoms with Crippen molar-refractivity contribution in [1.29, 1.82) is 0 Å². The third-order valence-electron chi connectivity index (χ3n) is 5.59. The summed E-state index contributed by atoms with van der Waals surface area (Å²) in [7, 11) is 0. The number of nitrogens with one attached hydrogen (secondary N) is 2. The van der Waals surface area contributed by atoms with E-state index in [-0.39, 0.29) is 36.7 Å². The molecule has 7 nitrogen and oxygen atoms in total. The molecule has 0 saturated carbocycles. The molecule has 30 heavy (non-hydrogen) atoms. The Hall–Kier alpha value is -2.87. The number of benzene rings is 1. The van der Waals surface area contributed by atoms with Crippen LogP contribution in [0.5, 0.6) is 5.75 Å². The second-order valence-electron chi connectivity index (χ2n) is 7.92. The molecule has 1 saturated heterocycles. The van der Waals surface area contributed by atoms with E-state index >= 15 is 0 Å². The van der Waals surface area contributed by atoms with Crippen LogP contribution in [0.3, 0.4) is 0 Å². The maximum absolute atomic E-state index is 12.6. The molecule has 0 radical (unpaired) electrons. The lowest BCUT2D eigenvalue weighted by atomic mass is 9.99. The average Bonchev–Trinajstić information content (AvgIpc) is 3.21. The zero-order valence-electron chi connectivity index (χ0n) is 17.1. The van der Waals surface area contributed by atoms with E-state index in [0.29, 0.717) is 30.7 Å². The van der Waals surface area contributed by atoms with Crippen LogP contribution in [0, 0.1) is 6.92 Å². The smallest absolute Gasteiger partial charge is 0.258 e. The van der Waals surface area contributed by atoms with Gasteiger partial charge in [-0.15, -0.1) is 11.3 Å². The molecule has 3 amide bonds. The van der Waals surface area contributed by atoms with E-state index in [1.165, 1.54) is 0 Å². The molecule has 0 bridgehead atoms. The van der Waals surface area contributed by atoms with Gasteiger partial charge in [-0.1, -0.05) is 17.7 Å². The van der Waals surface area contributed by atoms with E-state index in [1.807, 2.05) is 37.4 Å². The zero-order valence-corrected chi connectivity index (χ0v) is 17.9. The van der Waals surface area contributed by atoms with Gasteiger partial charge < -0.3 is 20.3 Å². The second kappa shape index (κ2) is 8.10. The Morgan fingerprint density at radius 2 is 2.17 bits per heavy atom. The Morgan fingerprint density at radius 3 is 2.93 bits per heavy atom. The number of rotatable bonds is 4. The highest BCUT2D eigenvalue weighted by atomic mass is 32.1. The predicted molar refractivity (Wildman–Crippen MR) is 113 cm³/mol. The van der Waals surface area contributed by atoms with Gasteiger partial charge in [0.2, 0.25) is 11.8 Å². The standard InChI is InChI=1S/C22H25N3O4S/c1-14-5-6-17-16(12-14)21(28)24-22(29-17)8-7-20(27)25(10-9-22)13-19(26)23-15(2)18-4-3-11-30-18/h3-6,11-12,15H,7-10,13H2,1-2H3,(H,23,26)(H,24,28)/t15-,22-/m0/s1. The highest BCUT2D eigenvalue weighted by Gasteiger charge is 2.42. The van der Waals surface area contributed by atoms with Gasteiger partial charge in [0.15, 0.2) is 5.72 Å². The van der Waals surface area contributed by atoms with Crippen LogP contribution in [0.15, 0.2) is 35.7 Å². The lowest BCUT2D eigenvalue weighted by molar-refractivity contribution is -0.135. The molecule has 2 aromatic rings. The number of hydrogen-bond acceptors (Lipinski definition) is 5. The van der Waals surface area contributed by atoms with Crippen LogP contribution in [0.4, 0.5) is 0 Å². The number of likely N-dealkylation sites (tertiary alicyclic amines) is 1. The van der Waals surface area contributed by atoms with E-state index < -0.39 is 5.72 Å². The highest BCUT2D eigenvalue weighted by molar-refractivity contribution is 7.10. The molecule has 2 aliphatic rings. The van der Waals surface area contributed by atoms with E-state index in [4.69, 9.17) is 4.74 Å². The molecule has 8 heteroatoms. The molecule has 1 aromatic carbocycles. The summed E-state index contributed by atoms with van der Waals surface area (Å²) in [5, 5.41) is 7.87. The molecular formula is C22H25N3O4S. The van der Waals surface area contributed by atoms with Gasteiger partial charge in [-0.2, -0.15) is 0 Å². The van der Waals surface area contributed by atoms with Crippen LogP contribution in [-0.4, -0.2) is 41.4 Å². The Bertz CT molecular complexity index is 975. The first-order valence-corrected chi connectivity index (χ1v) is 11.0. The summed E-state index contributed by atoms with van der Waals surface area (Å²) >= 11 is 1.58. The number of carbonyl (C=O) groups excluding carboxylic acids is 3. The molecule has 4 rings (SSSR count). The lowest BCUT2D eigenvalue weighted by Gasteiger charge is -2.38. The van der Waals surface area contributed by atoms with E-state index in [0.717, 1.165) is 10.4 Å². The van der Waals surface area contributed by atoms with Gasteiger partial charge in [-0.25, -0.2) is 0 Å². The SMILES string of the molecule is Cc1ccc2c(c1)C(=O)N[C@@]1(CCC(=O)N(CC(=O)N[C@@H](C)c3cccs3)CC1)O2. The molecular weight excluding hydrogens is 402 g/mol. The quantitative estimate of drug-likeness (QED) is 0.786. The minimum Gasteiger partial charge on any atom is -0.467 e. The fraction of sp³-hybridized carbons (Fsp3) is 0.409. The number of thiophene rings is 1. The number of carbonyl (C=O) groups is 3. The lowest BCUT2D eigenvalue weighted by Crippen LogP contribution is -2.56. The van der Waals surface area contributed by atoms with Crippen molar-refractivity contribution < 1.29 is 19.1 Å². The Morgan fingerprint density at radius 1 is 1.33 bits per heavy atom. The van der Waals surface area contributed by atoms with Crippen LogP contribution >= 0.6 is 11.3 Å². The predicted octanol–water partition coefficient (Wildman–Crippen LogP) is 2.76. The minimum absolute atomic E-state index is 0.00560. The Labute approximate surface area is 179 Å². The number of nitrogens with zero attached hydrogens (tertiary/aromatic N) is 1. The third-order valence-corrected chi connectivity index (χ3v) is 6.64. The Kier molecular flexibility index (Phi) is 5.51. The molecule has 0 aliphatic carbocycles. The van der Waals surface area contributed by atoms with Crippen molar-refractivity contribution >= 4 is 29.1 Å². The zero-order chi connectivity index (χ0) is 21.3. The first kappa shape index (κ1) is 20.4. The molecule has 1 aromatic heterocycles. The van der Waals surface area contributed by atoms with E-state index in [2.05, 4.69) is 10.6 Å². The van der Waals surface area contributed by atoms with Gasteiger partial charge in [-0.3, -0.25) is 14.4 Å². The van der Waals surface area contributed by atoms with Crippen LogP contribution in [0.1, 0.15) is 53.0 Å². The minimum atomic E-state index is -0.926. The van der Waals surface area contributed by atoms with Crippen molar-refractivity contribution in [2.75, 3.05) is 13.1 Å². The number of hydrogen-bond donors (Lipinski definition) is 2. The van der Waals surface area contributed by atoms with Crippen LogP contribution in [-0.2, 0) is 9.59 Å². The largest absolute Gasteiger partial charge is 0.467 e. The molecule has 3 heterocycles. The van der Waals surface area contributed by atoms with Crippen LogP contribution < -0.4 is 15.4 Å². The molecule has 0 unspecified atom stereocenters. The van der Waals surface area contributed by atoms with Crippen molar-refractivity contribution in [3.63, 3.8) is 0 Å². The van der Waals surface area contributed by atoms with Crippen molar-refractivity contribution in [3.05, 3.63) is 51.7 Å². The molecule has 1 fully saturated rings. The summed E-state index contributed by atoms with van der Waals surface area (Å²) in [6.45, 7) is 4.17. The number of aryl methyl sites for hydroxylation is 1. The van der Waals surface area contributed by atoms with Crippen LogP contribution in [0.25, 0.3) is 0 Å².